The Kier molecular flexibility index (Phi) is 2.67. The van der Waals surface area contributed by atoms with Gasteiger partial charge in [-0.2, -0.15) is 0 Å². The average molecular weight is 354 g/mol. The maximum absolute atomic E-state index is 2.44. The van der Waals surface area contributed by atoms with E-state index >= 15 is 0 Å². The van der Waals surface area contributed by atoms with Crippen LogP contribution < -0.4 is 0 Å². The Morgan fingerprint density at radius 3 is 2.21 bits per heavy atom. The van der Waals surface area contributed by atoms with E-state index in [1.54, 1.807) is 0 Å². The fourth-order valence-electron chi connectivity index (χ4n) is 5.63. The second-order valence-corrected chi connectivity index (χ2v) is 8.10. The lowest BCUT2D eigenvalue weighted by atomic mass is 9.73. The van der Waals surface area contributed by atoms with Gasteiger partial charge in [-0.1, -0.05) is 84.9 Å². The smallest absolute Gasteiger partial charge is 0.0358 e. The van der Waals surface area contributed by atoms with E-state index in [4.69, 9.17) is 0 Å². The van der Waals surface area contributed by atoms with E-state index in [-0.39, 0.29) is 0 Å². The molecular weight excluding hydrogens is 336 g/mol. The summed E-state index contributed by atoms with van der Waals surface area (Å²) < 4.78 is 0. The number of rotatable bonds is 0. The van der Waals surface area contributed by atoms with Crippen LogP contribution in [0.25, 0.3) is 33.9 Å². The van der Waals surface area contributed by atoms with E-state index in [1.807, 2.05) is 0 Å². The second-order valence-electron chi connectivity index (χ2n) is 8.10. The number of fused-ring (bicyclic) bond motifs is 12. The van der Waals surface area contributed by atoms with Crippen molar-refractivity contribution in [1.82, 2.24) is 0 Å². The van der Waals surface area contributed by atoms with Crippen molar-refractivity contribution in [3.63, 3.8) is 0 Å². The lowest BCUT2D eigenvalue weighted by molar-refractivity contribution is 1.05. The van der Waals surface area contributed by atoms with Crippen LogP contribution in [0.15, 0.2) is 84.9 Å². The van der Waals surface area contributed by atoms with E-state index in [2.05, 4.69) is 91.0 Å². The molecule has 0 nitrogen and oxygen atoms in total. The summed E-state index contributed by atoms with van der Waals surface area (Å²) in [5.41, 5.74) is 15.8. The Bertz CT molecular complexity index is 1340. The molecular formula is C28H18. The molecule has 0 spiro atoms. The molecule has 1 atom stereocenters. The van der Waals surface area contributed by atoms with Gasteiger partial charge in [-0.15, -0.1) is 0 Å². The van der Waals surface area contributed by atoms with Gasteiger partial charge in [0.15, 0.2) is 0 Å². The molecule has 0 saturated heterocycles. The summed E-state index contributed by atoms with van der Waals surface area (Å²) in [6.07, 6.45) is 3.48. The standard InChI is InChI=1S/C28H18/c1-3-9-19-17(7-1)15-25-22(19)13-14-24-21-11-5-6-12-23(21)27-20-10-4-2-8-18(20)16-26(27)28(24)25/h1-14,16,27H,15H2. The average Bonchev–Trinajstić information content (AvgIpc) is 3.32. The first-order valence-electron chi connectivity index (χ1n) is 10.0. The molecule has 3 aliphatic carbocycles. The van der Waals surface area contributed by atoms with Crippen molar-refractivity contribution >= 4 is 11.6 Å². The maximum Gasteiger partial charge on any atom is 0.0358 e. The predicted octanol–water partition coefficient (Wildman–Crippen LogP) is 6.92. The van der Waals surface area contributed by atoms with Crippen LogP contribution in [0.2, 0.25) is 0 Å². The Morgan fingerprint density at radius 2 is 1.29 bits per heavy atom. The number of hydrogen-bond acceptors (Lipinski definition) is 0. The minimum atomic E-state index is 0.357. The molecule has 0 heteroatoms. The number of allylic oxidation sites excluding steroid dienone is 1. The molecule has 130 valence electrons. The van der Waals surface area contributed by atoms with E-state index in [1.165, 1.54) is 61.2 Å². The van der Waals surface area contributed by atoms with Crippen molar-refractivity contribution in [3.05, 3.63) is 118 Å². The zero-order chi connectivity index (χ0) is 18.2. The van der Waals surface area contributed by atoms with Crippen molar-refractivity contribution in [3.8, 4) is 22.3 Å². The van der Waals surface area contributed by atoms with Crippen LogP contribution in [0.4, 0.5) is 0 Å². The molecule has 4 aromatic carbocycles. The molecule has 0 saturated carbocycles. The molecule has 4 aromatic rings. The quantitative estimate of drug-likeness (QED) is 0.283. The molecule has 0 bridgehead atoms. The van der Waals surface area contributed by atoms with Crippen molar-refractivity contribution in [2.24, 2.45) is 0 Å². The Labute approximate surface area is 164 Å². The first kappa shape index (κ1) is 14.6. The highest BCUT2D eigenvalue weighted by Crippen LogP contribution is 2.57. The fraction of sp³-hybridized carbons (Fsp3) is 0.0714. The largest absolute Gasteiger partial charge is 0.0619 e. The van der Waals surface area contributed by atoms with Gasteiger partial charge >= 0.3 is 0 Å². The highest BCUT2D eigenvalue weighted by Gasteiger charge is 2.37. The summed E-state index contributed by atoms with van der Waals surface area (Å²) in [6, 6.07) is 31.5. The van der Waals surface area contributed by atoms with Crippen molar-refractivity contribution in [2.75, 3.05) is 0 Å². The number of hydrogen-bond donors (Lipinski definition) is 0. The van der Waals surface area contributed by atoms with Crippen molar-refractivity contribution < 1.29 is 0 Å². The van der Waals surface area contributed by atoms with Gasteiger partial charge in [-0.3, -0.25) is 0 Å². The van der Waals surface area contributed by atoms with Gasteiger partial charge in [-0.05, 0) is 73.7 Å². The molecule has 3 aliphatic rings. The Morgan fingerprint density at radius 1 is 0.571 bits per heavy atom. The van der Waals surface area contributed by atoms with Gasteiger partial charge in [0.25, 0.3) is 0 Å². The van der Waals surface area contributed by atoms with Gasteiger partial charge in [0.05, 0.1) is 0 Å². The zero-order valence-corrected chi connectivity index (χ0v) is 15.4. The van der Waals surface area contributed by atoms with Crippen LogP contribution in [-0.4, -0.2) is 0 Å². The second kappa shape index (κ2) is 5.11. The molecule has 0 aliphatic heterocycles. The van der Waals surface area contributed by atoms with Crippen molar-refractivity contribution in [1.29, 1.82) is 0 Å². The first-order chi connectivity index (χ1) is 13.9. The van der Waals surface area contributed by atoms with Crippen LogP contribution in [0.3, 0.4) is 0 Å². The summed E-state index contributed by atoms with van der Waals surface area (Å²) in [5, 5.41) is 0. The van der Waals surface area contributed by atoms with E-state index in [0.29, 0.717) is 5.92 Å². The normalized spacial score (nSPS) is 17.0. The van der Waals surface area contributed by atoms with Gasteiger partial charge in [0, 0.05) is 5.92 Å². The number of benzene rings is 4. The third-order valence-electron chi connectivity index (χ3n) is 6.77. The zero-order valence-electron chi connectivity index (χ0n) is 15.4. The summed E-state index contributed by atoms with van der Waals surface area (Å²) in [7, 11) is 0. The third-order valence-corrected chi connectivity index (χ3v) is 6.77. The van der Waals surface area contributed by atoms with Gasteiger partial charge in [0.2, 0.25) is 0 Å². The Hall–Kier alpha value is -3.38. The molecule has 0 aromatic heterocycles. The highest BCUT2D eigenvalue weighted by atomic mass is 14.4. The molecule has 1 unspecified atom stereocenters. The van der Waals surface area contributed by atoms with Gasteiger partial charge < -0.3 is 0 Å². The molecule has 0 fully saturated rings. The minimum Gasteiger partial charge on any atom is -0.0619 e. The minimum absolute atomic E-state index is 0.357. The van der Waals surface area contributed by atoms with Gasteiger partial charge in [0.1, 0.15) is 0 Å². The van der Waals surface area contributed by atoms with Crippen molar-refractivity contribution in [2.45, 2.75) is 12.3 Å². The lowest BCUT2D eigenvalue weighted by Gasteiger charge is -2.30. The monoisotopic (exact) mass is 354 g/mol. The molecule has 0 heterocycles. The first-order valence-corrected chi connectivity index (χ1v) is 10.0. The summed E-state index contributed by atoms with van der Waals surface area (Å²) >= 11 is 0. The topological polar surface area (TPSA) is 0 Å². The van der Waals surface area contributed by atoms with Crippen LogP contribution in [0.5, 0.6) is 0 Å². The molecule has 0 radical (unpaired) electrons. The van der Waals surface area contributed by atoms with E-state index < -0.39 is 0 Å². The third kappa shape index (κ3) is 1.71. The predicted molar refractivity (Wildman–Crippen MR) is 116 cm³/mol. The van der Waals surface area contributed by atoms with Gasteiger partial charge in [-0.25, -0.2) is 0 Å². The summed E-state index contributed by atoms with van der Waals surface area (Å²) in [4.78, 5) is 0. The fourth-order valence-corrected chi connectivity index (χ4v) is 5.63. The molecule has 28 heavy (non-hydrogen) atoms. The van der Waals surface area contributed by atoms with Crippen LogP contribution in [0.1, 0.15) is 39.3 Å². The lowest BCUT2D eigenvalue weighted by Crippen LogP contribution is -2.11. The van der Waals surface area contributed by atoms with E-state index in [0.717, 1.165) is 6.42 Å². The summed E-state index contributed by atoms with van der Waals surface area (Å²) in [6.45, 7) is 0. The molecule has 0 N–H and O–H groups in total. The molecule has 7 rings (SSSR count). The molecule has 0 amide bonds. The summed E-state index contributed by atoms with van der Waals surface area (Å²) in [5.74, 6) is 0.357. The van der Waals surface area contributed by atoms with Crippen LogP contribution in [0, 0.1) is 0 Å². The maximum atomic E-state index is 2.44. The SMILES string of the molecule is C1=C2c3c(ccc4c3Cc3ccccc3-4)-c3ccccc3C2c2ccccc21. The Balaban J connectivity index is 1.59. The van der Waals surface area contributed by atoms with E-state index in [9.17, 15) is 0 Å². The van der Waals surface area contributed by atoms with Crippen LogP contribution in [-0.2, 0) is 6.42 Å². The van der Waals surface area contributed by atoms with Crippen LogP contribution >= 0.6 is 0 Å². The highest BCUT2D eigenvalue weighted by molar-refractivity contribution is 6.05.